The van der Waals surface area contributed by atoms with Crippen LogP contribution in [0.1, 0.15) is 36.6 Å². The number of fused-ring (bicyclic) bond motifs is 1. The van der Waals surface area contributed by atoms with Crippen LogP contribution >= 0.6 is 0 Å². The molecule has 1 aliphatic carbocycles. The van der Waals surface area contributed by atoms with Crippen molar-refractivity contribution in [1.29, 1.82) is 0 Å². The Kier molecular flexibility index (Phi) is 6.08. The fourth-order valence-electron chi connectivity index (χ4n) is 5.75. The molecule has 202 valence electrons. The molecule has 2 fully saturated rings. The van der Waals surface area contributed by atoms with Gasteiger partial charge in [0, 0.05) is 31.2 Å². The number of likely N-dealkylation sites (tertiary alicyclic amines) is 1. The van der Waals surface area contributed by atoms with Crippen LogP contribution in [0.15, 0.2) is 58.3 Å². The fraction of sp³-hybridized carbons (Fsp3) is 0.423. The lowest BCUT2D eigenvalue weighted by molar-refractivity contribution is -0.141. The molecule has 1 N–H and O–H groups in total. The number of hydrogen-bond donors (Lipinski definition) is 1. The molecule has 1 aliphatic heterocycles. The Morgan fingerprint density at radius 1 is 0.947 bits per heavy atom. The van der Waals surface area contributed by atoms with Gasteiger partial charge in [0.25, 0.3) is 5.56 Å². The normalized spacial score (nSPS) is 23.4. The number of pyridine rings is 1. The first-order valence-corrected chi connectivity index (χ1v) is 12.0. The first-order chi connectivity index (χ1) is 17.7. The van der Waals surface area contributed by atoms with Crippen molar-refractivity contribution in [2.24, 2.45) is 5.41 Å². The lowest BCUT2D eigenvalue weighted by Gasteiger charge is -2.21. The standard InChI is InChI=1S/C26H24F6N4O2/c1-23-13-24(23,16-6-8-17(9-7-16)25(27,28)29)15-35(14-23)10-3-11-36-12-18(21(37)34-22(36)38)19-4-2-5-20(33-19)26(30,31)32/h2,4-9,12H,3,10-11,13-15H2,1H3,(H,34,37,38)/t23-,24-/m1/s1. The minimum absolute atomic E-state index is 0.0517. The minimum Gasteiger partial charge on any atom is -0.302 e. The molecule has 2 atom stereocenters. The Bertz CT molecular complexity index is 1480. The third-order valence-electron chi connectivity index (χ3n) is 7.75. The van der Waals surface area contributed by atoms with Crippen molar-refractivity contribution >= 4 is 0 Å². The van der Waals surface area contributed by atoms with Crippen LogP contribution in [0.2, 0.25) is 0 Å². The molecule has 2 aliphatic rings. The fourth-order valence-corrected chi connectivity index (χ4v) is 5.75. The molecule has 3 aromatic rings. The summed E-state index contributed by atoms with van der Waals surface area (Å²) < 4.78 is 79.2. The van der Waals surface area contributed by atoms with Gasteiger partial charge in [-0.2, -0.15) is 26.3 Å². The summed E-state index contributed by atoms with van der Waals surface area (Å²) in [5.41, 5.74) is -3.06. The van der Waals surface area contributed by atoms with Crippen molar-refractivity contribution in [3.8, 4) is 11.3 Å². The van der Waals surface area contributed by atoms with E-state index in [-0.39, 0.29) is 28.6 Å². The van der Waals surface area contributed by atoms with Gasteiger partial charge in [0.05, 0.1) is 16.8 Å². The predicted molar refractivity (Wildman–Crippen MR) is 126 cm³/mol. The van der Waals surface area contributed by atoms with E-state index in [2.05, 4.69) is 21.8 Å². The van der Waals surface area contributed by atoms with Gasteiger partial charge in [0.2, 0.25) is 0 Å². The van der Waals surface area contributed by atoms with E-state index >= 15 is 0 Å². The zero-order valence-corrected chi connectivity index (χ0v) is 20.3. The van der Waals surface area contributed by atoms with Gasteiger partial charge in [0.1, 0.15) is 5.69 Å². The molecule has 3 heterocycles. The van der Waals surface area contributed by atoms with Crippen molar-refractivity contribution in [2.45, 2.75) is 44.1 Å². The minimum atomic E-state index is -4.68. The summed E-state index contributed by atoms with van der Waals surface area (Å²) in [6.45, 7) is 4.36. The SMILES string of the molecule is C[C@@]12CN(CCCn3cc(-c4cccc(C(F)(F)F)n4)c(=O)[nH]c3=O)C[C@@]1(c1ccc(C(F)(F)F)cc1)C2. The number of nitrogens with one attached hydrogen (secondary N) is 1. The highest BCUT2D eigenvalue weighted by molar-refractivity contribution is 5.56. The molecule has 0 unspecified atom stereocenters. The molecular weight excluding hydrogens is 514 g/mol. The highest BCUT2D eigenvalue weighted by Crippen LogP contribution is 2.68. The lowest BCUT2D eigenvalue weighted by Crippen LogP contribution is -2.33. The van der Waals surface area contributed by atoms with Gasteiger partial charge in [-0.25, -0.2) is 9.78 Å². The Morgan fingerprint density at radius 3 is 2.32 bits per heavy atom. The number of rotatable bonds is 6. The van der Waals surface area contributed by atoms with E-state index < -0.39 is 34.9 Å². The number of halogens is 6. The summed E-state index contributed by atoms with van der Waals surface area (Å²) in [6, 6.07) is 8.56. The molecule has 0 spiro atoms. The maximum atomic E-state index is 13.0. The molecule has 0 amide bonds. The van der Waals surface area contributed by atoms with E-state index in [1.807, 2.05) is 0 Å². The molecule has 1 saturated carbocycles. The monoisotopic (exact) mass is 538 g/mol. The van der Waals surface area contributed by atoms with Crippen LogP contribution in [0.3, 0.4) is 0 Å². The summed E-state index contributed by atoms with van der Waals surface area (Å²) >= 11 is 0. The summed E-state index contributed by atoms with van der Waals surface area (Å²) in [4.78, 5) is 32.5. The van der Waals surface area contributed by atoms with Gasteiger partial charge in [-0.3, -0.25) is 14.3 Å². The molecule has 6 nitrogen and oxygen atoms in total. The molecular formula is C26H24F6N4O2. The van der Waals surface area contributed by atoms with Crippen LogP contribution in [-0.4, -0.2) is 39.1 Å². The van der Waals surface area contributed by atoms with Gasteiger partial charge < -0.3 is 4.90 Å². The second-order valence-corrected chi connectivity index (χ2v) is 10.4. The van der Waals surface area contributed by atoms with Crippen LogP contribution in [0.5, 0.6) is 0 Å². The highest BCUT2D eigenvalue weighted by atomic mass is 19.4. The summed E-state index contributed by atoms with van der Waals surface area (Å²) in [6.07, 6.45) is -6.45. The number of alkyl halides is 6. The molecule has 5 rings (SSSR count). The first kappa shape index (κ1) is 26.2. The van der Waals surface area contributed by atoms with Crippen molar-refractivity contribution in [3.05, 3.63) is 86.3 Å². The Morgan fingerprint density at radius 2 is 1.66 bits per heavy atom. The molecule has 0 radical (unpaired) electrons. The summed E-state index contributed by atoms with van der Waals surface area (Å²) in [5, 5.41) is 0. The smallest absolute Gasteiger partial charge is 0.302 e. The average Bonchev–Trinajstić information content (AvgIpc) is 3.32. The zero-order chi connectivity index (χ0) is 27.5. The maximum absolute atomic E-state index is 13.0. The third-order valence-corrected chi connectivity index (χ3v) is 7.75. The van der Waals surface area contributed by atoms with Crippen LogP contribution in [0, 0.1) is 5.41 Å². The molecule has 12 heteroatoms. The summed E-state index contributed by atoms with van der Waals surface area (Å²) in [7, 11) is 0. The Balaban J connectivity index is 1.27. The molecule has 0 bridgehead atoms. The molecule has 1 aromatic carbocycles. The van der Waals surface area contributed by atoms with E-state index in [1.165, 1.54) is 16.8 Å². The van der Waals surface area contributed by atoms with E-state index in [0.717, 1.165) is 42.8 Å². The number of aryl methyl sites for hydroxylation is 1. The number of aromatic amines is 1. The van der Waals surface area contributed by atoms with Gasteiger partial charge in [0.15, 0.2) is 0 Å². The number of hydrogen-bond acceptors (Lipinski definition) is 4. The number of nitrogens with zero attached hydrogens (tertiary/aromatic N) is 3. The van der Waals surface area contributed by atoms with Gasteiger partial charge in [-0.05, 0) is 54.6 Å². The molecule has 1 saturated heterocycles. The topological polar surface area (TPSA) is 71.0 Å². The van der Waals surface area contributed by atoms with Crippen LogP contribution in [0.25, 0.3) is 11.3 Å². The van der Waals surface area contributed by atoms with Crippen molar-refractivity contribution < 1.29 is 26.3 Å². The van der Waals surface area contributed by atoms with E-state index in [9.17, 15) is 35.9 Å². The Hall–Kier alpha value is -3.41. The zero-order valence-electron chi connectivity index (χ0n) is 20.3. The van der Waals surface area contributed by atoms with Crippen LogP contribution in [0.4, 0.5) is 26.3 Å². The highest BCUT2D eigenvalue weighted by Gasteiger charge is 2.69. The van der Waals surface area contributed by atoms with E-state index in [1.54, 1.807) is 12.1 Å². The van der Waals surface area contributed by atoms with Crippen LogP contribution in [-0.2, 0) is 24.3 Å². The second kappa shape index (κ2) is 8.82. The number of benzene rings is 1. The number of H-pyrrole nitrogens is 1. The predicted octanol–water partition coefficient (Wildman–Crippen LogP) is 4.69. The summed E-state index contributed by atoms with van der Waals surface area (Å²) in [5.74, 6) is 0. The average molecular weight is 538 g/mol. The van der Waals surface area contributed by atoms with Gasteiger partial charge in [-0.1, -0.05) is 25.1 Å². The Labute approximate surface area is 212 Å². The molecule has 38 heavy (non-hydrogen) atoms. The quantitative estimate of drug-likeness (QED) is 0.463. The van der Waals surface area contributed by atoms with Crippen LogP contribution < -0.4 is 11.2 Å². The van der Waals surface area contributed by atoms with E-state index in [4.69, 9.17) is 0 Å². The third kappa shape index (κ3) is 4.65. The van der Waals surface area contributed by atoms with E-state index in [0.29, 0.717) is 19.5 Å². The number of aromatic nitrogens is 3. The largest absolute Gasteiger partial charge is 0.433 e. The van der Waals surface area contributed by atoms with Crippen molar-refractivity contribution in [3.63, 3.8) is 0 Å². The van der Waals surface area contributed by atoms with Crippen molar-refractivity contribution in [1.82, 2.24) is 19.4 Å². The molecule has 2 aromatic heterocycles. The maximum Gasteiger partial charge on any atom is 0.433 e. The van der Waals surface area contributed by atoms with Gasteiger partial charge in [-0.15, -0.1) is 0 Å². The number of piperidine rings is 1. The second-order valence-electron chi connectivity index (χ2n) is 10.4. The van der Waals surface area contributed by atoms with Gasteiger partial charge >= 0.3 is 18.0 Å². The first-order valence-electron chi connectivity index (χ1n) is 12.0. The van der Waals surface area contributed by atoms with Crippen molar-refractivity contribution in [2.75, 3.05) is 19.6 Å². The lowest BCUT2D eigenvalue weighted by atomic mass is 9.89.